The normalized spacial score (nSPS) is 12.8. The second kappa shape index (κ2) is 6.55. The molecule has 0 saturated heterocycles. The van der Waals surface area contributed by atoms with Gasteiger partial charge < -0.3 is 9.88 Å². The van der Waals surface area contributed by atoms with Crippen LogP contribution >= 0.6 is 27.3 Å². The highest BCUT2D eigenvalue weighted by Crippen LogP contribution is 2.24. The van der Waals surface area contributed by atoms with Gasteiger partial charge in [-0.3, -0.25) is 0 Å². The van der Waals surface area contributed by atoms with Gasteiger partial charge in [-0.05, 0) is 60.1 Å². The lowest BCUT2D eigenvalue weighted by atomic mass is 10.2. The fourth-order valence-electron chi connectivity index (χ4n) is 2.03. The molecule has 2 nitrogen and oxygen atoms in total. The lowest BCUT2D eigenvalue weighted by Gasteiger charge is -2.16. The Balaban J connectivity index is 2.07. The summed E-state index contributed by atoms with van der Waals surface area (Å²) in [4.78, 5) is 1.38. The van der Waals surface area contributed by atoms with Gasteiger partial charge in [-0.1, -0.05) is 6.92 Å². The summed E-state index contributed by atoms with van der Waals surface area (Å²) in [6.45, 7) is 6.45. The Kier molecular flexibility index (Phi) is 5.03. The van der Waals surface area contributed by atoms with E-state index in [0.29, 0.717) is 6.04 Å². The minimum Gasteiger partial charge on any atom is -0.345 e. The quantitative estimate of drug-likeness (QED) is 0.831. The van der Waals surface area contributed by atoms with Crippen molar-refractivity contribution in [1.82, 2.24) is 9.88 Å². The summed E-state index contributed by atoms with van der Waals surface area (Å²) >= 11 is 5.31. The van der Waals surface area contributed by atoms with Gasteiger partial charge in [0.25, 0.3) is 0 Å². The molecule has 0 aliphatic rings. The first kappa shape index (κ1) is 13.8. The molecule has 2 heterocycles. The molecule has 0 aromatic carbocycles. The zero-order chi connectivity index (χ0) is 13.0. The third-order valence-electron chi connectivity index (χ3n) is 2.96. The second-order valence-electron chi connectivity index (χ2n) is 4.44. The first-order valence-electron chi connectivity index (χ1n) is 6.33. The van der Waals surface area contributed by atoms with Crippen LogP contribution < -0.4 is 5.32 Å². The lowest BCUT2D eigenvalue weighted by molar-refractivity contribution is 0.535. The molecule has 1 unspecified atom stereocenters. The summed E-state index contributed by atoms with van der Waals surface area (Å²) in [6.07, 6.45) is 3.33. The predicted octanol–water partition coefficient (Wildman–Crippen LogP) is 4.42. The molecule has 2 aromatic heterocycles. The Morgan fingerprint density at radius 2 is 2.22 bits per heavy atom. The number of nitrogens with zero attached hydrogens (tertiary/aromatic N) is 1. The largest absolute Gasteiger partial charge is 0.345 e. The van der Waals surface area contributed by atoms with Crippen LogP contribution in [0.4, 0.5) is 0 Å². The maximum atomic E-state index is 3.54. The average Bonchev–Trinajstić information content (AvgIpc) is 2.96. The van der Waals surface area contributed by atoms with Crippen LogP contribution in [0, 0.1) is 0 Å². The molecule has 4 heteroatoms. The van der Waals surface area contributed by atoms with Crippen LogP contribution in [0.5, 0.6) is 0 Å². The summed E-state index contributed by atoms with van der Waals surface area (Å²) in [6, 6.07) is 9.03. The topological polar surface area (TPSA) is 17.0 Å². The van der Waals surface area contributed by atoms with E-state index in [4.69, 9.17) is 0 Å². The van der Waals surface area contributed by atoms with E-state index in [1.807, 2.05) is 0 Å². The summed E-state index contributed by atoms with van der Waals surface area (Å²) in [7, 11) is 0. The minimum absolute atomic E-state index is 0.406. The van der Waals surface area contributed by atoms with Crippen LogP contribution in [-0.4, -0.2) is 11.1 Å². The van der Waals surface area contributed by atoms with Crippen LogP contribution in [-0.2, 0) is 6.54 Å². The van der Waals surface area contributed by atoms with Crippen LogP contribution in [0.2, 0.25) is 0 Å². The van der Waals surface area contributed by atoms with E-state index in [-0.39, 0.29) is 0 Å². The molecule has 0 fully saturated rings. The number of nitrogens with one attached hydrogen (secondary N) is 1. The molecule has 1 N–H and O–H groups in total. The second-order valence-corrected chi connectivity index (χ2v) is 6.99. The number of thiophene rings is 1. The third kappa shape index (κ3) is 3.46. The summed E-state index contributed by atoms with van der Waals surface area (Å²) in [5, 5.41) is 3.54. The van der Waals surface area contributed by atoms with Gasteiger partial charge in [-0.2, -0.15) is 0 Å². The number of rotatable bonds is 6. The zero-order valence-electron chi connectivity index (χ0n) is 10.8. The van der Waals surface area contributed by atoms with Gasteiger partial charge in [0.05, 0.1) is 10.3 Å². The van der Waals surface area contributed by atoms with Crippen molar-refractivity contribution in [3.05, 3.63) is 44.8 Å². The molecule has 1 atom stereocenters. The zero-order valence-corrected chi connectivity index (χ0v) is 13.2. The smallest absolute Gasteiger partial charge is 0.0702 e. The van der Waals surface area contributed by atoms with Gasteiger partial charge in [-0.25, -0.2) is 0 Å². The van der Waals surface area contributed by atoms with Crippen molar-refractivity contribution in [2.75, 3.05) is 6.54 Å². The van der Waals surface area contributed by atoms with Crippen molar-refractivity contribution in [1.29, 1.82) is 0 Å². The molecule has 0 radical (unpaired) electrons. The van der Waals surface area contributed by atoms with Gasteiger partial charge in [0.2, 0.25) is 0 Å². The Morgan fingerprint density at radius 3 is 2.89 bits per heavy atom. The maximum absolute atomic E-state index is 3.54. The average molecular weight is 327 g/mol. The van der Waals surface area contributed by atoms with Crippen molar-refractivity contribution < 1.29 is 0 Å². The van der Waals surface area contributed by atoms with E-state index in [1.54, 1.807) is 11.3 Å². The highest BCUT2D eigenvalue weighted by molar-refractivity contribution is 9.11. The van der Waals surface area contributed by atoms with Gasteiger partial charge in [-0.15, -0.1) is 11.3 Å². The van der Waals surface area contributed by atoms with Crippen LogP contribution in [0.25, 0.3) is 0 Å². The monoisotopic (exact) mass is 326 g/mol. The fourth-order valence-corrected chi connectivity index (χ4v) is 3.52. The number of aromatic nitrogens is 1. The van der Waals surface area contributed by atoms with Crippen molar-refractivity contribution in [3.63, 3.8) is 0 Å². The molecule has 2 rings (SSSR count). The van der Waals surface area contributed by atoms with E-state index in [9.17, 15) is 0 Å². The summed E-state index contributed by atoms with van der Waals surface area (Å²) < 4.78 is 3.52. The van der Waals surface area contributed by atoms with Crippen molar-refractivity contribution >= 4 is 27.3 Å². The number of halogens is 1. The Bertz CT molecular complexity index is 489. The van der Waals surface area contributed by atoms with Gasteiger partial charge in [0.1, 0.15) is 0 Å². The summed E-state index contributed by atoms with van der Waals surface area (Å²) in [5.74, 6) is 0. The predicted molar refractivity (Wildman–Crippen MR) is 82.3 cm³/mol. The minimum atomic E-state index is 0.406. The molecular weight excluding hydrogens is 308 g/mol. The van der Waals surface area contributed by atoms with Crippen LogP contribution in [0.15, 0.2) is 34.2 Å². The molecule has 0 saturated carbocycles. The highest BCUT2D eigenvalue weighted by atomic mass is 79.9. The van der Waals surface area contributed by atoms with Gasteiger partial charge >= 0.3 is 0 Å². The number of hydrogen-bond donors (Lipinski definition) is 1. The maximum Gasteiger partial charge on any atom is 0.0702 e. The van der Waals surface area contributed by atoms with Crippen LogP contribution in [0.1, 0.15) is 36.9 Å². The molecule has 98 valence electrons. The third-order valence-corrected chi connectivity index (χ3v) is 4.57. The fraction of sp³-hybridized carbons (Fsp3) is 0.429. The van der Waals surface area contributed by atoms with Crippen molar-refractivity contribution in [2.24, 2.45) is 0 Å². The molecular formula is C14H19BrN2S. The van der Waals surface area contributed by atoms with Crippen LogP contribution in [0.3, 0.4) is 0 Å². The van der Waals surface area contributed by atoms with E-state index >= 15 is 0 Å². The van der Waals surface area contributed by atoms with Crippen molar-refractivity contribution in [2.45, 2.75) is 32.9 Å². The molecule has 18 heavy (non-hydrogen) atoms. The first-order valence-corrected chi connectivity index (χ1v) is 7.94. The molecule has 0 bridgehead atoms. The van der Waals surface area contributed by atoms with E-state index in [2.05, 4.69) is 70.1 Å². The van der Waals surface area contributed by atoms with Gasteiger partial charge in [0, 0.05) is 22.8 Å². The first-order chi connectivity index (χ1) is 8.70. The van der Waals surface area contributed by atoms with Crippen molar-refractivity contribution in [3.8, 4) is 0 Å². The number of hydrogen-bond acceptors (Lipinski definition) is 2. The van der Waals surface area contributed by atoms with E-state index in [0.717, 1.165) is 13.1 Å². The highest BCUT2D eigenvalue weighted by Gasteiger charge is 2.09. The Hall–Kier alpha value is -0.580. The van der Waals surface area contributed by atoms with E-state index < -0.39 is 0 Å². The standard InChI is InChI=1S/C14H19BrN2S/c1-3-8-16-11(2)13-5-4-9-17(13)10-12-6-7-14(15)18-12/h4-7,9,11,16H,3,8,10H2,1-2H3. The van der Waals surface area contributed by atoms with Gasteiger partial charge in [0.15, 0.2) is 0 Å². The van der Waals surface area contributed by atoms with E-state index in [1.165, 1.54) is 20.8 Å². The Labute approximate surface area is 121 Å². The summed E-state index contributed by atoms with van der Waals surface area (Å²) in [5.41, 5.74) is 1.35. The molecule has 0 amide bonds. The molecule has 2 aromatic rings. The lowest BCUT2D eigenvalue weighted by Crippen LogP contribution is -2.21. The Morgan fingerprint density at radius 1 is 1.39 bits per heavy atom. The SMILES string of the molecule is CCCNC(C)c1cccn1Cc1ccc(Br)s1. The molecule has 0 aliphatic carbocycles. The molecule has 0 spiro atoms. The molecule has 0 aliphatic heterocycles.